The molecule has 0 fully saturated rings. The van der Waals surface area contributed by atoms with E-state index in [0.717, 1.165) is 63.7 Å². The summed E-state index contributed by atoms with van der Waals surface area (Å²) in [5, 5.41) is 0. The van der Waals surface area contributed by atoms with E-state index in [1.165, 1.54) is 205 Å². The van der Waals surface area contributed by atoms with Gasteiger partial charge in [0.05, 0.1) is 0 Å². The molecular formula is C55H106O6. The van der Waals surface area contributed by atoms with Crippen molar-refractivity contribution in [3.63, 3.8) is 0 Å². The summed E-state index contributed by atoms with van der Waals surface area (Å²) in [6, 6.07) is 0. The van der Waals surface area contributed by atoms with Crippen molar-refractivity contribution in [1.82, 2.24) is 0 Å². The number of hydrogen-bond donors (Lipinski definition) is 0. The summed E-state index contributed by atoms with van der Waals surface area (Å²) in [5.74, 6) is 0.0301. The van der Waals surface area contributed by atoms with Crippen LogP contribution in [0.25, 0.3) is 0 Å². The Balaban J connectivity index is 4.32. The summed E-state index contributed by atoms with van der Waals surface area (Å²) >= 11 is 0. The Labute approximate surface area is 380 Å². The number of carbonyl (C=O) groups is 3. The van der Waals surface area contributed by atoms with Crippen LogP contribution in [0.2, 0.25) is 0 Å². The molecule has 2 atom stereocenters. The Morgan fingerprint density at radius 3 is 0.852 bits per heavy atom. The summed E-state index contributed by atoms with van der Waals surface area (Å²) in [6.45, 7) is 9.07. The van der Waals surface area contributed by atoms with E-state index in [1.54, 1.807) is 0 Å². The predicted octanol–water partition coefficient (Wildman–Crippen LogP) is 17.8. The molecule has 0 spiro atoms. The van der Waals surface area contributed by atoms with E-state index in [9.17, 15) is 14.4 Å². The smallest absolute Gasteiger partial charge is 0.306 e. The van der Waals surface area contributed by atoms with Crippen LogP contribution in [-0.4, -0.2) is 37.2 Å². The second-order valence-electron chi connectivity index (χ2n) is 19.1. The Morgan fingerprint density at radius 2 is 0.574 bits per heavy atom. The molecule has 0 aromatic carbocycles. The Kier molecular flexibility index (Phi) is 48.1. The van der Waals surface area contributed by atoms with Crippen molar-refractivity contribution < 1.29 is 28.6 Å². The van der Waals surface area contributed by atoms with Crippen molar-refractivity contribution in [3.05, 3.63) is 0 Å². The highest BCUT2D eigenvalue weighted by atomic mass is 16.6. The second kappa shape index (κ2) is 49.4. The minimum Gasteiger partial charge on any atom is -0.462 e. The molecule has 0 aromatic heterocycles. The monoisotopic (exact) mass is 863 g/mol. The van der Waals surface area contributed by atoms with Gasteiger partial charge in [0.1, 0.15) is 13.2 Å². The predicted molar refractivity (Wildman–Crippen MR) is 261 cm³/mol. The van der Waals surface area contributed by atoms with E-state index in [-0.39, 0.29) is 31.1 Å². The fourth-order valence-corrected chi connectivity index (χ4v) is 8.36. The maximum Gasteiger partial charge on any atom is 0.306 e. The van der Waals surface area contributed by atoms with Crippen LogP contribution in [0, 0.1) is 5.92 Å². The van der Waals surface area contributed by atoms with Gasteiger partial charge in [-0.1, -0.05) is 272 Å². The van der Waals surface area contributed by atoms with Crippen LogP contribution in [-0.2, 0) is 28.6 Å². The number of hydrogen-bond acceptors (Lipinski definition) is 6. The molecule has 6 heteroatoms. The lowest BCUT2D eigenvalue weighted by molar-refractivity contribution is -0.167. The number of ether oxygens (including phenoxy) is 3. The van der Waals surface area contributed by atoms with Gasteiger partial charge in [0, 0.05) is 19.3 Å². The summed E-state index contributed by atoms with van der Waals surface area (Å²) in [6.07, 6.45) is 52.2. The van der Waals surface area contributed by atoms with Gasteiger partial charge < -0.3 is 14.2 Å². The molecule has 0 rings (SSSR count). The lowest BCUT2D eigenvalue weighted by Crippen LogP contribution is -2.30. The standard InChI is InChI=1S/C55H106O6/c1-5-8-10-12-14-16-18-20-22-24-26-32-36-40-44-48-55(58)61-52(49-59-53(56)46-42-38-34-30-25-23-21-19-17-15-13-11-9-6-2)50-60-54(57)47-43-39-35-31-28-27-29-33-37-41-45-51(4)7-3/h51-52H,5-50H2,1-4H3/t51?,52-/m1/s1. The van der Waals surface area contributed by atoms with Gasteiger partial charge in [-0.05, 0) is 25.2 Å². The van der Waals surface area contributed by atoms with Crippen molar-refractivity contribution in [3.8, 4) is 0 Å². The summed E-state index contributed by atoms with van der Waals surface area (Å²) in [7, 11) is 0. The van der Waals surface area contributed by atoms with Crippen molar-refractivity contribution in [1.29, 1.82) is 0 Å². The number of carbonyl (C=O) groups excluding carboxylic acids is 3. The lowest BCUT2D eigenvalue weighted by Gasteiger charge is -2.18. The van der Waals surface area contributed by atoms with E-state index < -0.39 is 6.10 Å². The highest BCUT2D eigenvalue weighted by Crippen LogP contribution is 2.18. The van der Waals surface area contributed by atoms with Gasteiger partial charge in [0.2, 0.25) is 0 Å². The minimum absolute atomic E-state index is 0.0623. The van der Waals surface area contributed by atoms with Gasteiger partial charge in [0.25, 0.3) is 0 Å². The molecule has 0 N–H and O–H groups in total. The lowest BCUT2D eigenvalue weighted by atomic mass is 9.99. The van der Waals surface area contributed by atoms with Crippen molar-refractivity contribution in [2.75, 3.05) is 13.2 Å². The minimum atomic E-state index is -0.761. The molecule has 0 heterocycles. The molecule has 61 heavy (non-hydrogen) atoms. The van der Waals surface area contributed by atoms with Gasteiger partial charge in [-0.25, -0.2) is 0 Å². The second-order valence-corrected chi connectivity index (χ2v) is 19.1. The van der Waals surface area contributed by atoms with E-state index in [0.29, 0.717) is 19.3 Å². The first-order chi connectivity index (χ1) is 29.9. The zero-order valence-corrected chi connectivity index (χ0v) is 41.6. The average molecular weight is 863 g/mol. The first-order valence-corrected chi connectivity index (χ1v) is 27.4. The van der Waals surface area contributed by atoms with E-state index in [1.807, 2.05) is 0 Å². The van der Waals surface area contributed by atoms with Gasteiger partial charge in [-0.2, -0.15) is 0 Å². The van der Waals surface area contributed by atoms with Crippen LogP contribution in [0.15, 0.2) is 0 Å². The summed E-state index contributed by atoms with van der Waals surface area (Å²) in [5.41, 5.74) is 0. The molecule has 0 saturated carbocycles. The Hall–Kier alpha value is -1.59. The van der Waals surface area contributed by atoms with Crippen LogP contribution in [0.3, 0.4) is 0 Å². The van der Waals surface area contributed by atoms with Gasteiger partial charge in [-0.3, -0.25) is 14.4 Å². The first-order valence-electron chi connectivity index (χ1n) is 27.4. The Bertz CT molecular complexity index is 920. The highest BCUT2D eigenvalue weighted by molar-refractivity contribution is 5.71. The molecule has 0 aliphatic carbocycles. The molecule has 0 bridgehead atoms. The topological polar surface area (TPSA) is 78.9 Å². The van der Waals surface area contributed by atoms with E-state index in [4.69, 9.17) is 14.2 Å². The fraction of sp³-hybridized carbons (Fsp3) is 0.945. The molecule has 0 aromatic rings. The fourth-order valence-electron chi connectivity index (χ4n) is 8.36. The third kappa shape index (κ3) is 47.7. The molecule has 0 saturated heterocycles. The third-order valence-corrected chi connectivity index (χ3v) is 12.9. The van der Waals surface area contributed by atoms with Crippen molar-refractivity contribution in [2.45, 2.75) is 316 Å². The summed E-state index contributed by atoms with van der Waals surface area (Å²) in [4.78, 5) is 38.0. The highest BCUT2D eigenvalue weighted by Gasteiger charge is 2.19. The maximum atomic E-state index is 12.8. The maximum absolute atomic E-state index is 12.8. The molecule has 0 amide bonds. The van der Waals surface area contributed by atoms with Gasteiger partial charge in [0.15, 0.2) is 6.10 Å². The molecular weight excluding hydrogens is 757 g/mol. The molecule has 1 unspecified atom stereocenters. The zero-order valence-electron chi connectivity index (χ0n) is 41.6. The van der Waals surface area contributed by atoms with Crippen LogP contribution in [0.4, 0.5) is 0 Å². The van der Waals surface area contributed by atoms with E-state index in [2.05, 4.69) is 27.7 Å². The zero-order chi connectivity index (χ0) is 44.5. The molecule has 0 radical (unpaired) electrons. The van der Waals surface area contributed by atoms with Crippen LogP contribution >= 0.6 is 0 Å². The largest absolute Gasteiger partial charge is 0.462 e. The first kappa shape index (κ1) is 59.4. The third-order valence-electron chi connectivity index (χ3n) is 12.9. The van der Waals surface area contributed by atoms with Crippen molar-refractivity contribution in [2.24, 2.45) is 5.92 Å². The van der Waals surface area contributed by atoms with Gasteiger partial charge >= 0.3 is 17.9 Å². The molecule has 6 nitrogen and oxygen atoms in total. The molecule has 0 aliphatic heterocycles. The summed E-state index contributed by atoms with van der Waals surface area (Å²) < 4.78 is 16.9. The number of esters is 3. The van der Waals surface area contributed by atoms with Gasteiger partial charge in [-0.15, -0.1) is 0 Å². The number of unbranched alkanes of at least 4 members (excludes halogenated alkanes) is 36. The molecule has 362 valence electrons. The van der Waals surface area contributed by atoms with Crippen molar-refractivity contribution >= 4 is 17.9 Å². The van der Waals surface area contributed by atoms with Crippen LogP contribution in [0.1, 0.15) is 310 Å². The van der Waals surface area contributed by atoms with E-state index >= 15 is 0 Å². The SMILES string of the molecule is CCCCCCCCCCCCCCCCCC(=O)O[C@H](COC(=O)CCCCCCCCCCCCCCCC)COC(=O)CCCCCCCCCCCCC(C)CC. The Morgan fingerprint density at radius 1 is 0.328 bits per heavy atom. The average Bonchev–Trinajstić information content (AvgIpc) is 3.26. The molecule has 0 aliphatic rings. The van der Waals surface area contributed by atoms with Crippen LogP contribution in [0.5, 0.6) is 0 Å². The normalized spacial score (nSPS) is 12.4. The quantitative estimate of drug-likeness (QED) is 0.0344. The number of rotatable bonds is 50. The van der Waals surface area contributed by atoms with Crippen LogP contribution < -0.4 is 0 Å².